The number of halogens is 1. The normalized spacial score (nSPS) is 11.0. The second-order valence-electron chi connectivity index (χ2n) is 6.17. The van der Waals surface area contributed by atoms with Gasteiger partial charge in [-0.15, -0.1) is 0 Å². The van der Waals surface area contributed by atoms with Gasteiger partial charge in [0.25, 0.3) is 0 Å². The maximum absolute atomic E-state index is 12.0. The third kappa shape index (κ3) is 4.34. The summed E-state index contributed by atoms with van der Waals surface area (Å²) in [5.41, 5.74) is 2.37. The summed E-state index contributed by atoms with van der Waals surface area (Å²) in [6, 6.07) is 11.0. The molecule has 0 spiro atoms. The van der Waals surface area contributed by atoms with E-state index in [0.717, 1.165) is 16.9 Å². The van der Waals surface area contributed by atoms with Gasteiger partial charge in [0, 0.05) is 37.0 Å². The Morgan fingerprint density at radius 1 is 1.18 bits per heavy atom. The molecule has 1 amide bonds. The van der Waals surface area contributed by atoms with Crippen LogP contribution in [0.3, 0.4) is 0 Å². The van der Waals surface area contributed by atoms with Crippen molar-refractivity contribution in [2.75, 3.05) is 6.54 Å². The number of rotatable bonds is 7. The molecular formula is C19H17ClN6O2. The van der Waals surface area contributed by atoms with Crippen LogP contribution >= 0.6 is 11.6 Å². The van der Waals surface area contributed by atoms with Gasteiger partial charge in [-0.1, -0.05) is 22.8 Å². The largest absolute Gasteiger partial charge is 0.356 e. The highest BCUT2D eigenvalue weighted by Gasteiger charge is 2.11. The summed E-state index contributed by atoms with van der Waals surface area (Å²) in [6.45, 7) is 0.482. The van der Waals surface area contributed by atoms with Crippen LogP contribution < -0.4 is 5.32 Å². The SMILES string of the molecule is O=C(CCc1nc(-c2ccccn2)no1)NCCc1nc2ccc(Cl)cc2[nH]1. The minimum atomic E-state index is -0.0864. The van der Waals surface area contributed by atoms with Crippen molar-refractivity contribution >= 4 is 28.5 Å². The maximum Gasteiger partial charge on any atom is 0.227 e. The molecule has 0 atom stereocenters. The summed E-state index contributed by atoms with van der Waals surface area (Å²) in [5, 5.41) is 7.42. The van der Waals surface area contributed by atoms with Crippen LogP contribution in [-0.2, 0) is 17.6 Å². The molecule has 3 heterocycles. The number of hydrogen-bond donors (Lipinski definition) is 2. The number of amides is 1. The fourth-order valence-corrected chi connectivity index (χ4v) is 2.91. The number of nitrogens with one attached hydrogen (secondary N) is 2. The van der Waals surface area contributed by atoms with Gasteiger partial charge in [-0.25, -0.2) is 4.98 Å². The van der Waals surface area contributed by atoms with Crippen molar-refractivity contribution in [3.8, 4) is 11.5 Å². The smallest absolute Gasteiger partial charge is 0.227 e. The number of aryl methyl sites for hydroxylation is 1. The lowest BCUT2D eigenvalue weighted by Crippen LogP contribution is -2.26. The number of hydrogen-bond acceptors (Lipinski definition) is 6. The minimum absolute atomic E-state index is 0.0864. The van der Waals surface area contributed by atoms with Gasteiger partial charge in [0.05, 0.1) is 11.0 Å². The van der Waals surface area contributed by atoms with Gasteiger partial charge in [-0.2, -0.15) is 4.98 Å². The molecule has 3 aromatic heterocycles. The molecule has 0 bridgehead atoms. The van der Waals surface area contributed by atoms with E-state index in [1.165, 1.54) is 0 Å². The summed E-state index contributed by atoms with van der Waals surface area (Å²) >= 11 is 5.97. The van der Waals surface area contributed by atoms with Crippen molar-refractivity contribution in [3.05, 3.63) is 59.3 Å². The van der Waals surface area contributed by atoms with Crippen LogP contribution in [0, 0.1) is 0 Å². The Labute approximate surface area is 165 Å². The van der Waals surface area contributed by atoms with Crippen LogP contribution in [0.25, 0.3) is 22.6 Å². The molecule has 28 heavy (non-hydrogen) atoms. The number of aromatic amines is 1. The summed E-state index contributed by atoms with van der Waals surface area (Å²) in [4.78, 5) is 28.1. The second-order valence-corrected chi connectivity index (χ2v) is 6.61. The quantitative estimate of drug-likeness (QED) is 0.497. The van der Waals surface area contributed by atoms with Crippen molar-refractivity contribution in [2.24, 2.45) is 0 Å². The van der Waals surface area contributed by atoms with Crippen molar-refractivity contribution in [1.82, 2.24) is 30.4 Å². The Balaban J connectivity index is 1.24. The highest BCUT2D eigenvalue weighted by Crippen LogP contribution is 2.17. The van der Waals surface area contributed by atoms with Crippen LogP contribution in [0.5, 0.6) is 0 Å². The number of carbonyl (C=O) groups is 1. The first kappa shape index (κ1) is 18.1. The van der Waals surface area contributed by atoms with Gasteiger partial charge in [0.1, 0.15) is 11.5 Å². The number of benzene rings is 1. The third-order valence-corrected chi connectivity index (χ3v) is 4.34. The topological polar surface area (TPSA) is 110 Å². The second kappa shape index (κ2) is 8.18. The number of pyridine rings is 1. The van der Waals surface area contributed by atoms with E-state index >= 15 is 0 Å². The Morgan fingerprint density at radius 2 is 2.11 bits per heavy atom. The van der Waals surface area contributed by atoms with Crippen LogP contribution in [0.2, 0.25) is 5.02 Å². The molecule has 2 N–H and O–H groups in total. The Kier molecular flexibility index (Phi) is 5.29. The molecule has 0 unspecified atom stereocenters. The van der Waals surface area contributed by atoms with E-state index in [2.05, 4.69) is 30.4 Å². The number of carbonyl (C=O) groups excluding carboxylic acids is 1. The maximum atomic E-state index is 12.0. The summed E-state index contributed by atoms with van der Waals surface area (Å²) in [6.07, 6.45) is 2.90. The fourth-order valence-electron chi connectivity index (χ4n) is 2.74. The average molecular weight is 397 g/mol. The van der Waals surface area contributed by atoms with Gasteiger partial charge in [0.15, 0.2) is 0 Å². The highest BCUT2D eigenvalue weighted by molar-refractivity contribution is 6.31. The van der Waals surface area contributed by atoms with E-state index in [1.54, 1.807) is 18.3 Å². The van der Waals surface area contributed by atoms with Crippen LogP contribution in [-0.4, -0.2) is 37.5 Å². The molecule has 8 nitrogen and oxygen atoms in total. The van der Waals surface area contributed by atoms with Crippen molar-refractivity contribution in [1.29, 1.82) is 0 Å². The third-order valence-electron chi connectivity index (χ3n) is 4.10. The Bertz CT molecular complexity index is 1090. The summed E-state index contributed by atoms with van der Waals surface area (Å²) in [7, 11) is 0. The fraction of sp³-hybridized carbons (Fsp3) is 0.211. The molecule has 4 rings (SSSR count). The lowest BCUT2D eigenvalue weighted by Gasteiger charge is -2.02. The van der Waals surface area contributed by atoms with E-state index in [0.29, 0.717) is 41.8 Å². The number of nitrogens with zero attached hydrogens (tertiary/aromatic N) is 4. The molecule has 0 saturated carbocycles. The van der Waals surface area contributed by atoms with Gasteiger partial charge >= 0.3 is 0 Å². The van der Waals surface area contributed by atoms with E-state index in [9.17, 15) is 4.79 Å². The standard InChI is InChI=1S/C19H17ClN6O2/c20-12-4-5-13-15(11-12)24-16(23-13)8-10-22-17(27)6-7-18-25-19(26-28-18)14-3-1-2-9-21-14/h1-5,9,11H,6-8,10H2,(H,22,27)(H,23,24). The van der Waals surface area contributed by atoms with Gasteiger partial charge in [-0.3, -0.25) is 9.78 Å². The predicted molar refractivity (Wildman–Crippen MR) is 104 cm³/mol. The molecule has 1 aromatic carbocycles. The molecule has 9 heteroatoms. The van der Waals surface area contributed by atoms with Gasteiger partial charge in [-0.05, 0) is 30.3 Å². The first-order chi connectivity index (χ1) is 13.7. The number of fused-ring (bicyclic) bond motifs is 1. The van der Waals surface area contributed by atoms with E-state index in [4.69, 9.17) is 16.1 Å². The van der Waals surface area contributed by atoms with Crippen molar-refractivity contribution < 1.29 is 9.32 Å². The first-order valence-corrected chi connectivity index (χ1v) is 9.20. The lowest BCUT2D eigenvalue weighted by atomic mass is 10.3. The van der Waals surface area contributed by atoms with Crippen molar-refractivity contribution in [3.63, 3.8) is 0 Å². The molecular weight excluding hydrogens is 380 g/mol. The van der Waals surface area contributed by atoms with E-state index < -0.39 is 0 Å². The van der Waals surface area contributed by atoms with E-state index in [1.807, 2.05) is 24.3 Å². The minimum Gasteiger partial charge on any atom is -0.356 e. The van der Waals surface area contributed by atoms with E-state index in [-0.39, 0.29) is 12.3 Å². The first-order valence-electron chi connectivity index (χ1n) is 8.82. The monoisotopic (exact) mass is 396 g/mol. The average Bonchev–Trinajstić information content (AvgIpc) is 3.33. The molecule has 142 valence electrons. The molecule has 0 radical (unpaired) electrons. The van der Waals surface area contributed by atoms with Crippen molar-refractivity contribution in [2.45, 2.75) is 19.3 Å². The molecule has 0 fully saturated rings. The Hall–Kier alpha value is -3.26. The molecule has 0 saturated heterocycles. The number of H-pyrrole nitrogens is 1. The zero-order chi connectivity index (χ0) is 19.3. The number of aromatic nitrogens is 5. The zero-order valence-corrected chi connectivity index (χ0v) is 15.6. The molecule has 4 aromatic rings. The summed E-state index contributed by atoms with van der Waals surface area (Å²) in [5.74, 6) is 1.54. The zero-order valence-electron chi connectivity index (χ0n) is 14.9. The van der Waals surface area contributed by atoms with Crippen LogP contribution in [0.1, 0.15) is 18.1 Å². The molecule has 0 aliphatic heterocycles. The van der Waals surface area contributed by atoms with Gasteiger partial charge in [0.2, 0.25) is 17.6 Å². The number of imidazole rings is 1. The van der Waals surface area contributed by atoms with Crippen LogP contribution in [0.4, 0.5) is 0 Å². The van der Waals surface area contributed by atoms with Crippen LogP contribution in [0.15, 0.2) is 47.1 Å². The lowest BCUT2D eigenvalue weighted by molar-refractivity contribution is -0.121. The summed E-state index contributed by atoms with van der Waals surface area (Å²) < 4.78 is 5.18. The molecule has 0 aliphatic carbocycles. The molecule has 0 aliphatic rings. The highest BCUT2D eigenvalue weighted by atomic mass is 35.5. The predicted octanol–water partition coefficient (Wildman–Crippen LogP) is 2.95. The Morgan fingerprint density at radius 3 is 2.96 bits per heavy atom. The van der Waals surface area contributed by atoms with Gasteiger partial charge < -0.3 is 14.8 Å².